The maximum Gasteiger partial charge on any atom is 0.255 e. The van der Waals surface area contributed by atoms with E-state index < -0.39 is 0 Å². The molecule has 9 heteroatoms. The molecule has 3 aliphatic rings. The molecule has 2 atom stereocenters. The lowest BCUT2D eigenvalue weighted by Gasteiger charge is -2.43. The van der Waals surface area contributed by atoms with Crippen LogP contribution in [0.3, 0.4) is 0 Å². The summed E-state index contributed by atoms with van der Waals surface area (Å²) >= 11 is 0. The first-order valence-electron chi connectivity index (χ1n) is 11.2. The number of nitrogens with two attached hydrogens (primary N) is 1. The normalized spacial score (nSPS) is 23.5. The van der Waals surface area contributed by atoms with Gasteiger partial charge in [0.15, 0.2) is 5.65 Å². The molecule has 0 aromatic carbocycles. The van der Waals surface area contributed by atoms with Gasteiger partial charge in [0, 0.05) is 50.4 Å². The van der Waals surface area contributed by atoms with E-state index in [1.165, 1.54) is 12.8 Å². The molecule has 31 heavy (non-hydrogen) atoms. The third kappa shape index (κ3) is 3.10. The van der Waals surface area contributed by atoms with Crippen LogP contribution in [0.15, 0.2) is 23.1 Å². The molecule has 9 nitrogen and oxygen atoms in total. The number of hydrogen-bond donors (Lipinski definition) is 1. The highest BCUT2D eigenvalue weighted by atomic mass is 16.1. The largest absolute Gasteiger partial charge is 0.383 e. The molecule has 2 saturated heterocycles. The average molecular weight is 421 g/mol. The molecular weight excluding hydrogens is 392 g/mol. The fraction of sp³-hybridized carbons (Fsp3) is 0.545. The van der Waals surface area contributed by atoms with Gasteiger partial charge in [0.2, 0.25) is 5.95 Å². The fourth-order valence-corrected chi connectivity index (χ4v) is 5.63. The molecule has 2 N–H and O–H groups in total. The lowest BCUT2D eigenvalue weighted by atomic mass is 9.83. The Bertz CT molecular complexity index is 1210. The molecule has 0 unspecified atom stereocenters. The van der Waals surface area contributed by atoms with Gasteiger partial charge >= 0.3 is 0 Å². The number of hydrogen-bond acceptors (Lipinski definition) is 7. The van der Waals surface area contributed by atoms with E-state index >= 15 is 0 Å². The number of pyridine rings is 1. The van der Waals surface area contributed by atoms with Crippen LogP contribution in [0.1, 0.15) is 36.4 Å². The van der Waals surface area contributed by atoms with Crippen molar-refractivity contribution >= 4 is 22.8 Å². The smallest absolute Gasteiger partial charge is 0.255 e. The summed E-state index contributed by atoms with van der Waals surface area (Å²) in [6.45, 7) is 5.37. The van der Waals surface area contributed by atoms with E-state index in [0.717, 1.165) is 68.0 Å². The van der Waals surface area contributed by atoms with Crippen molar-refractivity contribution in [3.05, 3.63) is 39.9 Å². The van der Waals surface area contributed by atoms with Crippen molar-refractivity contribution in [2.24, 2.45) is 13.0 Å². The highest BCUT2D eigenvalue weighted by Gasteiger charge is 2.36. The highest BCUT2D eigenvalue weighted by molar-refractivity contribution is 5.86. The van der Waals surface area contributed by atoms with E-state index in [-0.39, 0.29) is 5.56 Å². The van der Waals surface area contributed by atoms with Gasteiger partial charge in [-0.15, -0.1) is 0 Å². The van der Waals surface area contributed by atoms with Crippen molar-refractivity contribution in [2.75, 3.05) is 36.8 Å². The molecule has 3 aromatic rings. The summed E-state index contributed by atoms with van der Waals surface area (Å²) in [5.74, 6) is 1.82. The quantitative estimate of drug-likeness (QED) is 0.682. The number of nitrogens with zero attached hydrogens (tertiary/aromatic N) is 7. The Morgan fingerprint density at radius 2 is 1.97 bits per heavy atom. The second-order valence-corrected chi connectivity index (χ2v) is 9.30. The van der Waals surface area contributed by atoms with Crippen molar-refractivity contribution in [3.63, 3.8) is 0 Å². The Morgan fingerprint density at radius 3 is 2.81 bits per heavy atom. The number of rotatable bonds is 3. The van der Waals surface area contributed by atoms with E-state index in [0.29, 0.717) is 23.6 Å². The predicted molar refractivity (Wildman–Crippen MR) is 119 cm³/mol. The molecule has 162 valence electrons. The average Bonchev–Trinajstić information content (AvgIpc) is 3.40. The van der Waals surface area contributed by atoms with E-state index in [1.54, 1.807) is 10.9 Å². The van der Waals surface area contributed by atoms with E-state index in [4.69, 9.17) is 10.7 Å². The summed E-state index contributed by atoms with van der Waals surface area (Å²) < 4.78 is 3.78. The van der Waals surface area contributed by atoms with Crippen molar-refractivity contribution in [1.82, 2.24) is 29.2 Å². The number of aryl methyl sites for hydroxylation is 1. The lowest BCUT2D eigenvalue weighted by molar-refractivity contribution is 0.276. The standard InChI is InChI=1S/C22H28N8O/c1-27-20-17(9-24-27)19(23)25-22(26-20)29-10-14-8-16(13-29)18-5-4-15(21(31)30(18)11-14)12-28-6-2-3-7-28/h4-5,9,14,16H,2-3,6-8,10-13H2,1H3,(H2,23,25,26)/t14-,16+/m0/s1. The Morgan fingerprint density at radius 1 is 1.13 bits per heavy atom. The van der Waals surface area contributed by atoms with Crippen molar-refractivity contribution in [1.29, 1.82) is 0 Å². The van der Waals surface area contributed by atoms with Crippen LogP contribution in [0, 0.1) is 5.92 Å². The molecule has 2 fully saturated rings. The van der Waals surface area contributed by atoms with Crippen LogP contribution in [-0.4, -0.2) is 55.4 Å². The van der Waals surface area contributed by atoms with Crippen LogP contribution >= 0.6 is 0 Å². The Balaban J connectivity index is 1.30. The molecule has 2 bridgehead atoms. The first-order valence-corrected chi connectivity index (χ1v) is 11.2. The summed E-state index contributed by atoms with van der Waals surface area (Å²) in [7, 11) is 1.87. The fourth-order valence-electron chi connectivity index (χ4n) is 5.63. The second kappa shape index (κ2) is 7.05. The number of likely N-dealkylation sites (tertiary alicyclic amines) is 1. The third-order valence-electron chi connectivity index (χ3n) is 7.17. The van der Waals surface area contributed by atoms with Crippen molar-refractivity contribution in [2.45, 2.75) is 38.3 Å². The zero-order valence-electron chi connectivity index (χ0n) is 17.9. The van der Waals surface area contributed by atoms with Crippen LogP contribution in [0.5, 0.6) is 0 Å². The Hall–Kier alpha value is -2.94. The summed E-state index contributed by atoms with van der Waals surface area (Å²) in [4.78, 5) is 27.2. The van der Waals surface area contributed by atoms with Gasteiger partial charge in [-0.3, -0.25) is 14.4 Å². The van der Waals surface area contributed by atoms with Gasteiger partial charge in [-0.1, -0.05) is 6.07 Å². The zero-order chi connectivity index (χ0) is 21.1. The summed E-state index contributed by atoms with van der Waals surface area (Å²) in [6, 6.07) is 4.23. The molecule has 0 amide bonds. The minimum absolute atomic E-state index is 0.198. The second-order valence-electron chi connectivity index (χ2n) is 9.30. The molecular formula is C22H28N8O. The van der Waals surface area contributed by atoms with Crippen molar-refractivity contribution in [3.8, 4) is 0 Å². The van der Waals surface area contributed by atoms with E-state index in [2.05, 4.69) is 32.0 Å². The monoisotopic (exact) mass is 420 g/mol. The Kier molecular flexibility index (Phi) is 4.27. The maximum absolute atomic E-state index is 13.3. The molecule has 3 aromatic heterocycles. The minimum Gasteiger partial charge on any atom is -0.383 e. The minimum atomic E-state index is 0.198. The van der Waals surface area contributed by atoms with Gasteiger partial charge in [-0.25, -0.2) is 0 Å². The summed E-state index contributed by atoms with van der Waals surface area (Å²) in [5, 5.41) is 5.04. The first-order chi connectivity index (χ1) is 15.1. The van der Waals surface area contributed by atoms with E-state index in [1.807, 2.05) is 11.6 Å². The maximum atomic E-state index is 13.3. The lowest BCUT2D eigenvalue weighted by Crippen LogP contribution is -2.48. The SMILES string of the molecule is Cn1ncc2c(N)nc(N3C[C@@H]4C[C@H](C3)c3ccc(CN5CCCC5)c(=O)n3C4)nc21. The molecule has 0 radical (unpaired) electrons. The molecule has 6 heterocycles. The molecule has 0 spiro atoms. The summed E-state index contributed by atoms with van der Waals surface area (Å²) in [5.41, 5.74) is 9.22. The van der Waals surface area contributed by atoms with Gasteiger partial charge in [0.25, 0.3) is 5.56 Å². The predicted octanol–water partition coefficient (Wildman–Crippen LogP) is 1.33. The highest BCUT2D eigenvalue weighted by Crippen LogP contribution is 2.37. The number of anilines is 2. The molecule has 0 saturated carbocycles. The topological polar surface area (TPSA) is 98.1 Å². The van der Waals surface area contributed by atoms with Crippen LogP contribution < -0.4 is 16.2 Å². The van der Waals surface area contributed by atoms with Crippen LogP contribution in [0.2, 0.25) is 0 Å². The zero-order valence-corrected chi connectivity index (χ0v) is 17.9. The number of piperidine rings is 1. The van der Waals surface area contributed by atoms with Crippen LogP contribution in [0.4, 0.5) is 11.8 Å². The van der Waals surface area contributed by atoms with Crippen LogP contribution in [0.25, 0.3) is 11.0 Å². The number of aromatic nitrogens is 5. The number of nitrogen functional groups attached to an aromatic ring is 1. The Labute approximate surface area is 180 Å². The first kappa shape index (κ1) is 18.8. The molecule has 6 rings (SSSR count). The third-order valence-corrected chi connectivity index (χ3v) is 7.17. The van der Waals surface area contributed by atoms with Gasteiger partial charge in [-0.05, 0) is 44.3 Å². The van der Waals surface area contributed by atoms with Crippen LogP contribution in [-0.2, 0) is 20.1 Å². The van der Waals surface area contributed by atoms with Gasteiger partial charge in [-0.2, -0.15) is 15.1 Å². The van der Waals surface area contributed by atoms with Gasteiger partial charge < -0.3 is 15.2 Å². The van der Waals surface area contributed by atoms with E-state index in [9.17, 15) is 4.79 Å². The summed E-state index contributed by atoms with van der Waals surface area (Å²) in [6.07, 6.45) is 5.29. The van der Waals surface area contributed by atoms with Crippen molar-refractivity contribution < 1.29 is 0 Å². The molecule has 0 aliphatic carbocycles. The van der Waals surface area contributed by atoms with Gasteiger partial charge in [0.05, 0.1) is 11.6 Å². The number of fused-ring (bicyclic) bond motifs is 5. The molecule has 3 aliphatic heterocycles. The van der Waals surface area contributed by atoms with Gasteiger partial charge in [0.1, 0.15) is 5.82 Å².